The molecule has 0 aromatic rings. The third kappa shape index (κ3) is 49.1. The Morgan fingerprint density at radius 1 is 0.400 bits per heavy atom. The Bertz CT molecular complexity index is 1890. The maximum atomic E-state index is 13.2. The van der Waals surface area contributed by atoms with E-state index in [2.05, 4.69) is 130 Å². The van der Waals surface area contributed by atoms with Gasteiger partial charge in [0.05, 0.1) is 6.61 Å². The van der Waals surface area contributed by atoms with Crippen molar-refractivity contribution < 1.29 is 58.2 Å². The summed E-state index contributed by atoms with van der Waals surface area (Å²) in [6, 6.07) is 0. The van der Waals surface area contributed by atoms with Crippen molar-refractivity contribution in [3.8, 4) is 0 Å². The summed E-state index contributed by atoms with van der Waals surface area (Å²) in [5, 5.41) is 31.6. The molecule has 1 aliphatic rings. The number of aliphatic hydroxyl groups excluding tert-OH is 2. The van der Waals surface area contributed by atoms with E-state index in [1.165, 1.54) is 83.5 Å². The van der Waals surface area contributed by atoms with Gasteiger partial charge in [-0.25, -0.2) is 4.79 Å². The minimum absolute atomic E-state index is 0.0150. The lowest BCUT2D eigenvalue weighted by Crippen LogP contribution is -2.61. The van der Waals surface area contributed by atoms with Crippen LogP contribution in [0.4, 0.5) is 0 Å². The van der Waals surface area contributed by atoms with Crippen molar-refractivity contribution in [2.45, 2.75) is 314 Å². The van der Waals surface area contributed by atoms with E-state index in [0.717, 1.165) is 135 Å². The summed E-state index contributed by atoms with van der Waals surface area (Å²) >= 11 is 0. The Morgan fingerprint density at radius 2 is 0.741 bits per heavy atom. The number of aliphatic hydroxyl groups is 2. The van der Waals surface area contributed by atoms with Crippen molar-refractivity contribution in [3.05, 3.63) is 109 Å². The lowest BCUT2D eigenvalue weighted by molar-refractivity contribution is -0.301. The number of hydrogen-bond donors (Lipinski definition) is 3. The van der Waals surface area contributed by atoms with Crippen LogP contribution in [-0.2, 0) is 42.9 Å². The molecule has 0 aromatic heterocycles. The molecule has 0 bridgehead atoms. The molecule has 85 heavy (non-hydrogen) atoms. The molecule has 0 saturated carbocycles. The van der Waals surface area contributed by atoms with Crippen LogP contribution < -0.4 is 0 Å². The van der Waals surface area contributed by atoms with Gasteiger partial charge >= 0.3 is 23.9 Å². The fourth-order valence-corrected chi connectivity index (χ4v) is 9.63. The molecule has 1 saturated heterocycles. The summed E-state index contributed by atoms with van der Waals surface area (Å²) in [4.78, 5) is 51.4. The van der Waals surface area contributed by atoms with Gasteiger partial charge in [0.2, 0.25) is 0 Å². The summed E-state index contributed by atoms with van der Waals surface area (Å²) in [5.41, 5.74) is 0. The highest BCUT2D eigenvalue weighted by molar-refractivity contribution is 5.74. The molecule has 1 heterocycles. The summed E-state index contributed by atoms with van der Waals surface area (Å²) in [6.45, 7) is 5.85. The highest BCUT2D eigenvalue weighted by Gasteiger charge is 2.50. The van der Waals surface area contributed by atoms with E-state index in [1.54, 1.807) is 0 Å². The normalized spacial score (nSPS) is 18.2. The largest absolute Gasteiger partial charge is 0.479 e. The molecule has 0 aromatic carbocycles. The van der Waals surface area contributed by atoms with E-state index in [-0.39, 0.29) is 25.9 Å². The van der Waals surface area contributed by atoms with Crippen molar-refractivity contribution in [1.82, 2.24) is 0 Å². The number of carboxylic acids is 1. The number of esters is 3. The highest BCUT2D eigenvalue weighted by Crippen LogP contribution is 2.26. The summed E-state index contributed by atoms with van der Waals surface area (Å²) in [6.07, 6.45) is 68.9. The van der Waals surface area contributed by atoms with Crippen molar-refractivity contribution in [3.63, 3.8) is 0 Å². The molecule has 1 aliphatic heterocycles. The predicted molar refractivity (Wildman–Crippen MR) is 349 cm³/mol. The van der Waals surface area contributed by atoms with E-state index in [1.807, 2.05) is 0 Å². The molecule has 6 atom stereocenters. The molecular formula is C73H120O12. The number of rotatable bonds is 57. The molecule has 0 radical (unpaired) electrons. The van der Waals surface area contributed by atoms with Crippen LogP contribution in [0.2, 0.25) is 0 Å². The van der Waals surface area contributed by atoms with Crippen LogP contribution in [0.1, 0.15) is 278 Å². The molecule has 0 spiro atoms. The molecule has 3 N–H and O–H groups in total. The van der Waals surface area contributed by atoms with Crippen molar-refractivity contribution in [2.75, 3.05) is 13.2 Å². The molecule has 1 rings (SSSR count). The quantitative estimate of drug-likeness (QED) is 0.0228. The number of unbranched alkanes of at least 4 members (excludes halogenated alkanes) is 25. The Kier molecular flexibility index (Phi) is 55.1. The van der Waals surface area contributed by atoms with E-state index in [9.17, 15) is 34.5 Å². The van der Waals surface area contributed by atoms with Crippen LogP contribution in [0.3, 0.4) is 0 Å². The number of carbonyl (C=O) groups is 4. The number of carboxylic acid groups (broad SMARTS) is 1. The van der Waals surface area contributed by atoms with Crippen LogP contribution in [0.15, 0.2) is 109 Å². The lowest BCUT2D eigenvalue weighted by atomic mass is 9.98. The molecule has 6 unspecified atom stereocenters. The summed E-state index contributed by atoms with van der Waals surface area (Å²) in [7, 11) is 0. The number of allylic oxidation sites excluding steroid dienone is 18. The molecule has 0 amide bonds. The van der Waals surface area contributed by atoms with Crippen molar-refractivity contribution in [1.29, 1.82) is 0 Å². The van der Waals surface area contributed by atoms with Gasteiger partial charge in [-0.3, -0.25) is 14.4 Å². The second-order valence-corrected chi connectivity index (χ2v) is 22.7. The standard InChI is InChI=1S/C73H120O12/c1-4-7-10-13-16-19-22-25-28-31-33-36-38-41-44-47-50-53-56-59-65(74)81-62-64(83-66(75)60-57-54-51-48-45-42-39-35-30-27-24-21-18-15-12-9-6-3)63-82-73-71(69(78)68(77)70(85-73)72(79)80)84-67(76)61-58-55-52-49-46-43-40-37-34-32-29-26-23-20-17-14-11-8-5-2/h8,11,16-17,19-20,25-30,33-34,36-37,43,46,64,68-71,73,77-78H,4-7,9-10,12-15,18,21-24,31-32,35,38-42,44-45,47-63H2,1-3H3,(H,79,80)/b11-8-,19-16-,20-17-,28-25-,29-26-,30-27-,36-33-,37-34-,46-43-. The first kappa shape index (κ1) is 78.4. The van der Waals surface area contributed by atoms with Crippen molar-refractivity contribution in [2.24, 2.45) is 0 Å². The van der Waals surface area contributed by atoms with Gasteiger partial charge in [0, 0.05) is 19.3 Å². The molecule has 12 heteroatoms. The fraction of sp³-hybridized carbons (Fsp3) is 0.699. The number of hydrogen-bond acceptors (Lipinski definition) is 11. The zero-order valence-electron chi connectivity index (χ0n) is 53.6. The van der Waals surface area contributed by atoms with Gasteiger partial charge in [-0.15, -0.1) is 0 Å². The number of carbonyl (C=O) groups excluding carboxylic acids is 3. The second kappa shape index (κ2) is 59.7. The van der Waals surface area contributed by atoms with E-state index in [4.69, 9.17) is 23.7 Å². The predicted octanol–water partition coefficient (Wildman–Crippen LogP) is 18.6. The van der Waals surface area contributed by atoms with Gasteiger partial charge in [-0.2, -0.15) is 0 Å². The van der Waals surface area contributed by atoms with Gasteiger partial charge in [-0.1, -0.05) is 239 Å². The zero-order chi connectivity index (χ0) is 61.7. The van der Waals surface area contributed by atoms with E-state index < -0.39 is 67.3 Å². The molecular weight excluding hydrogens is 1070 g/mol. The number of aliphatic carboxylic acids is 1. The maximum Gasteiger partial charge on any atom is 0.335 e. The lowest BCUT2D eigenvalue weighted by Gasteiger charge is -2.40. The SMILES string of the molecule is CC/C=C\C/C=C\C/C=C\C/C=C\C/C=C\CCCCCC(=O)OC1C(OCC(COC(=O)CCCCCCCC/C=C\C/C=C\C/C=C\CCCCC)OC(=O)CCCCCCCCC/C=C\CCCCCCCC)OC(C(=O)O)C(O)C1O. The van der Waals surface area contributed by atoms with Crippen molar-refractivity contribution >= 4 is 23.9 Å². The van der Waals surface area contributed by atoms with Crippen LogP contribution in [-0.4, -0.2) is 89.2 Å². The Hall–Kier alpha value is -4.62. The van der Waals surface area contributed by atoms with E-state index in [0.29, 0.717) is 19.3 Å². The third-order valence-corrected chi connectivity index (χ3v) is 14.8. The first-order valence-corrected chi connectivity index (χ1v) is 33.9. The van der Waals surface area contributed by atoms with Crippen LogP contribution in [0.5, 0.6) is 0 Å². The highest BCUT2D eigenvalue weighted by atomic mass is 16.7. The van der Waals surface area contributed by atoms with Crippen LogP contribution in [0.25, 0.3) is 0 Å². The maximum absolute atomic E-state index is 13.2. The fourth-order valence-electron chi connectivity index (χ4n) is 9.63. The summed E-state index contributed by atoms with van der Waals surface area (Å²) < 4.78 is 28.5. The topological polar surface area (TPSA) is 175 Å². The summed E-state index contributed by atoms with van der Waals surface area (Å²) in [5.74, 6) is -3.18. The average Bonchev–Trinajstić information content (AvgIpc) is 2.79. The monoisotopic (exact) mass is 1190 g/mol. The van der Waals surface area contributed by atoms with E-state index >= 15 is 0 Å². The third-order valence-electron chi connectivity index (χ3n) is 14.8. The minimum atomic E-state index is -1.92. The number of ether oxygens (including phenoxy) is 5. The first-order chi connectivity index (χ1) is 41.6. The molecule has 1 fully saturated rings. The van der Waals surface area contributed by atoms with Crippen LogP contribution in [0, 0.1) is 0 Å². The Morgan fingerprint density at radius 3 is 1.18 bits per heavy atom. The van der Waals surface area contributed by atoms with Gasteiger partial charge in [-0.05, 0) is 128 Å². The zero-order valence-corrected chi connectivity index (χ0v) is 53.6. The van der Waals surface area contributed by atoms with Gasteiger partial charge < -0.3 is 39.0 Å². The Labute approximate surface area is 516 Å². The minimum Gasteiger partial charge on any atom is -0.479 e. The first-order valence-electron chi connectivity index (χ1n) is 33.9. The Balaban J connectivity index is 2.69. The van der Waals surface area contributed by atoms with Gasteiger partial charge in [0.15, 0.2) is 24.6 Å². The molecule has 12 nitrogen and oxygen atoms in total. The second-order valence-electron chi connectivity index (χ2n) is 22.7. The van der Waals surface area contributed by atoms with Gasteiger partial charge in [0.1, 0.15) is 18.8 Å². The smallest absolute Gasteiger partial charge is 0.335 e. The molecule has 0 aliphatic carbocycles. The van der Waals surface area contributed by atoms with Gasteiger partial charge in [0.25, 0.3) is 0 Å². The molecule has 484 valence electrons. The van der Waals surface area contributed by atoms with Crippen LogP contribution >= 0.6 is 0 Å². The average molecular weight is 1190 g/mol.